The van der Waals surface area contributed by atoms with Crippen LogP contribution in [0.25, 0.3) is 0 Å². The number of methoxy groups -OCH3 is 3. The molecule has 0 bridgehead atoms. The number of aliphatic carboxylic acids is 1. The molecule has 0 aliphatic rings. The van der Waals surface area contributed by atoms with Gasteiger partial charge >= 0.3 is 5.97 Å². The van der Waals surface area contributed by atoms with Gasteiger partial charge in [-0.2, -0.15) is 0 Å². The number of nitrogens with one attached hydrogen (secondary N) is 1. The predicted molar refractivity (Wildman–Crippen MR) is 73.8 cm³/mol. The first-order valence-electron chi connectivity index (χ1n) is 6.27. The summed E-state index contributed by atoms with van der Waals surface area (Å²) in [5, 5.41) is 12.8. The van der Waals surface area contributed by atoms with Crippen LogP contribution < -0.4 is 19.9 Å². The fourth-order valence-corrected chi connectivity index (χ4v) is 1.69. The Labute approximate surface area is 127 Å². The molecule has 0 saturated heterocycles. The summed E-state index contributed by atoms with van der Waals surface area (Å²) in [6, 6.07) is 2.75. The molecule has 120 valence electrons. The van der Waals surface area contributed by atoms with E-state index in [0.717, 1.165) is 0 Å². The van der Waals surface area contributed by atoms with E-state index in [9.17, 15) is 19.5 Å². The second-order valence-electron chi connectivity index (χ2n) is 4.16. The molecule has 0 saturated carbocycles. The fourth-order valence-electron chi connectivity index (χ4n) is 1.69. The average Bonchev–Trinajstić information content (AvgIpc) is 2.51. The lowest BCUT2D eigenvalue weighted by molar-refractivity contribution is -0.305. The van der Waals surface area contributed by atoms with E-state index in [0.29, 0.717) is 5.75 Å². The number of esters is 1. The fraction of sp³-hybridized carbons (Fsp3) is 0.357. The first-order chi connectivity index (χ1) is 10.4. The Bertz CT molecular complexity index is 583. The highest BCUT2D eigenvalue weighted by molar-refractivity contribution is 6.02. The Balaban J connectivity index is 3.11. The number of hydrogen-bond donors (Lipinski definition) is 1. The van der Waals surface area contributed by atoms with Gasteiger partial charge in [-0.05, 0) is 6.42 Å². The van der Waals surface area contributed by atoms with Crippen molar-refractivity contribution in [3.63, 3.8) is 0 Å². The minimum Gasteiger partial charge on any atom is -0.550 e. The smallest absolute Gasteiger partial charge is 0.340 e. The summed E-state index contributed by atoms with van der Waals surface area (Å²) in [4.78, 5) is 33.8. The Kier molecular flexibility index (Phi) is 6.18. The van der Waals surface area contributed by atoms with E-state index in [4.69, 9.17) is 9.47 Å². The lowest BCUT2D eigenvalue weighted by Gasteiger charge is -2.14. The SMILES string of the molecule is COC(=O)c1cc(OC)c(OC)cc1NC(=O)CCC(=O)[O-]. The van der Waals surface area contributed by atoms with Crippen molar-refractivity contribution in [1.82, 2.24) is 0 Å². The van der Waals surface area contributed by atoms with Crippen molar-refractivity contribution >= 4 is 23.5 Å². The van der Waals surface area contributed by atoms with Crippen LogP contribution in [-0.2, 0) is 14.3 Å². The lowest BCUT2D eigenvalue weighted by atomic mass is 10.1. The summed E-state index contributed by atoms with van der Waals surface area (Å²) < 4.78 is 14.8. The molecule has 1 rings (SSSR count). The van der Waals surface area contributed by atoms with Gasteiger partial charge in [-0.3, -0.25) is 4.79 Å². The maximum atomic E-state index is 11.8. The second-order valence-corrected chi connectivity index (χ2v) is 4.16. The van der Waals surface area contributed by atoms with E-state index in [2.05, 4.69) is 10.1 Å². The number of ether oxygens (including phenoxy) is 3. The molecule has 0 heterocycles. The molecule has 1 aromatic carbocycles. The average molecular weight is 310 g/mol. The van der Waals surface area contributed by atoms with Crippen LogP contribution in [0.2, 0.25) is 0 Å². The Morgan fingerprint density at radius 3 is 2.14 bits per heavy atom. The number of anilines is 1. The van der Waals surface area contributed by atoms with Gasteiger partial charge in [0.1, 0.15) is 0 Å². The van der Waals surface area contributed by atoms with Crippen LogP contribution in [0.3, 0.4) is 0 Å². The summed E-state index contributed by atoms with van der Waals surface area (Å²) in [6.07, 6.45) is -0.704. The van der Waals surface area contributed by atoms with E-state index in [1.165, 1.54) is 33.5 Å². The van der Waals surface area contributed by atoms with Crippen molar-refractivity contribution in [3.05, 3.63) is 17.7 Å². The zero-order valence-corrected chi connectivity index (χ0v) is 12.4. The highest BCUT2D eigenvalue weighted by Crippen LogP contribution is 2.33. The van der Waals surface area contributed by atoms with Gasteiger partial charge in [0.05, 0.1) is 32.6 Å². The molecule has 1 aromatic rings. The van der Waals surface area contributed by atoms with Crippen LogP contribution in [0.1, 0.15) is 23.2 Å². The Hall–Kier alpha value is -2.77. The van der Waals surface area contributed by atoms with E-state index < -0.39 is 24.3 Å². The first-order valence-corrected chi connectivity index (χ1v) is 6.27. The van der Waals surface area contributed by atoms with Gasteiger partial charge in [0.2, 0.25) is 5.91 Å². The van der Waals surface area contributed by atoms with E-state index in [-0.39, 0.29) is 23.4 Å². The maximum absolute atomic E-state index is 11.8. The number of rotatable bonds is 7. The molecule has 0 spiro atoms. The van der Waals surface area contributed by atoms with Crippen LogP contribution in [0.4, 0.5) is 5.69 Å². The van der Waals surface area contributed by atoms with Crippen LogP contribution >= 0.6 is 0 Å². The number of benzene rings is 1. The number of hydrogen-bond acceptors (Lipinski definition) is 7. The zero-order valence-electron chi connectivity index (χ0n) is 12.4. The van der Waals surface area contributed by atoms with E-state index in [1.807, 2.05) is 0 Å². The highest BCUT2D eigenvalue weighted by Gasteiger charge is 2.19. The van der Waals surface area contributed by atoms with Crippen molar-refractivity contribution in [2.24, 2.45) is 0 Å². The summed E-state index contributed by atoms with van der Waals surface area (Å²) >= 11 is 0. The van der Waals surface area contributed by atoms with Gasteiger partial charge in [-0.1, -0.05) is 0 Å². The van der Waals surface area contributed by atoms with E-state index in [1.54, 1.807) is 0 Å². The summed E-state index contributed by atoms with van der Waals surface area (Å²) in [6.45, 7) is 0. The monoisotopic (exact) mass is 310 g/mol. The molecule has 0 fully saturated rings. The molecular formula is C14H16NO7-. The molecule has 0 aliphatic heterocycles. The topological polar surface area (TPSA) is 114 Å². The number of carboxylic acid groups (broad SMARTS) is 1. The molecule has 8 nitrogen and oxygen atoms in total. The maximum Gasteiger partial charge on any atom is 0.340 e. The Morgan fingerprint density at radius 2 is 1.64 bits per heavy atom. The van der Waals surface area contributed by atoms with E-state index >= 15 is 0 Å². The summed E-state index contributed by atoms with van der Waals surface area (Å²) in [5.41, 5.74) is 0.190. The second kappa shape index (κ2) is 7.87. The van der Waals surface area contributed by atoms with Crippen molar-refractivity contribution < 1.29 is 33.7 Å². The lowest BCUT2D eigenvalue weighted by Crippen LogP contribution is -2.24. The van der Waals surface area contributed by atoms with Crippen LogP contribution in [-0.4, -0.2) is 39.2 Å². The molecule has 0 aromatic heterocycles. The molecule has 0 aliphatic carbocycles. The van der Waals surface area contributed by atoms with Crippen molar-refractivity contribution in [2.45, 2.75) is 12.8 Å². The third-order valence-electron chi connectivity index (χ3n) is 2.76. The molecule has 0 unspecified atom stereocenters. The number of carbonyl (C=O) groups is 3. The van der Waals surface area contributed by atoms with Crippen molar-refractivity contribution in [3.8, 4) is 11.5 Å². The highest BCUT2D eigenvalue weighted by atomic mass is 16.5. The minimum atomic E-state index is -1.34. The molecule has 1 N–H and O–H groups in total. The van der Waals surface area contributed by atoms with Crippen molar-refractivity contribution in [2.75, 3.05) is 26.6 Å². The summed E-state index contributed by atoms with van der Waals surface area (Å²) in [7, 11) is 4.00. The van der Waals surface area contributed by atoms with Crippen LogP contribution in [0.15, 0.2) is 12.1 Å². The van der Waals surface area contributed by atoms with Gasteiger partial charge in [-0.15, -0.1) is 0 Å². The van der Waals surface area contributed by atoms with Crippen LogP contribution in [0.5, 0.6) is 11.5 Å². The first kappa shape index (κ1) is 17.3. The summed E-state index contributed by atoms with van der Waals surface area (Å²) in [5.74, 6) is -2.02. The van der Waals surface area contributed by atoms with Crippen LogP contribution in [0, 0.1) is 0 Å². The molecule has 1 amide bonds. The zero-order chi connectivity index (χ0) is 16.7. The van der Waals surface area contributed by atoms with Gasteiger partial charge in [0.15, 0.2) is 11.5 Å². The quantitative estimate of drug-likeness (QED) is 0.703. The standard InChI is InChI=1S/C14H17NO7/c1-20-10-6-8(14(19)22-3)9(7-11(10)21-2)15-12(16)4-5-13(17)18/h6-7H,4-5H2,1-3H3,(H,15,16)(H,17,18)/p-1. The Morgan fingerprint density at radius 1 is 1.05 bits per heavy atom. The number of carbonyl (C=O) groups excluding carboxylic acids is 3. The van der Waals surface area contributed by atoms with Crippen molar-refractivity contribution in [1.29, 1.82) is 0 Å². The van der Waals surface area contributed by atoms with Gasteiger partial charge < -0.3 is 29.4 Å². The third kappa shape index (κ3) is 4.37. The third-order valence-corrected chi connectivity index (χ3v) is 2.76. The predicted octanol–water partition coefficient (Wildman–Crippen LogP) is -0.0410. The molecule has 8 heteroatoms. The van der Waals surface area contributed by atoms with Gasteiger partial charge in [0.25, 0.3) is 0 Å². The normalized spacial score (nSPS) is 9.77. The molecular weight excluding hydrogens is 294 g/mol. The van der Waals surface area contributed by atoms with Gasteiger partial charge in [-0.25, -0.2) is 4.79 Å². The number of amides is 1. The molecule has 0 atom stereocenters. The number of carboxylic acids is 1. The molecule has 0 radical (unpaired) electrons. The van der Waals surface area contributed by atoms with Gasteiger partial charge in [0, 0.05) is 24.5 Å². The largest absolute Gasteiger partial charge is 0.550 e. The minimum absolute atomic E-state index is 0.0574. The molecule has 22 heavy (non-hydrogen) atoms.